The van der Waals surface area contributed by atoms with Gasteiger partial charge in [-0.05, 0) is 6.18 Å². The van der Waals surface area contributed by atoms with Crippen LogP contribution in [0.3, 0.4) is 0 Å². The standard InChI is InChI=1S/C4H8O2S/c1-6-4(5)3-7-2/h3H2,1-2H3/i2D3. The molecule has 2 nitrogen and oxygen atoms in total. The number of carbonyl (C=O) groups is 1. The molecule has 0 bridgehead atoms. The van der Waals surface area contributed by atoms with E-state index < -0.39 is 12.2 Å². The summed E-state index contributed by atoms with van der Waals surface area (Å²) in [6.07, 6.45) is -2.10. The summed E-state index contributed by atoms with van der Waals surface area (Å²) in [6, 6.07) is 0. The molecule has 7 heavy (non-hydrogen) atoms. The van der Waals surface area contributed by atoms with Crippen molar-refractivity contribution in [3.05, 3.63) is 0 Å². The predicted molar refractivity (Wildman–Crippen MR) is 30.4 cm³/mol. The normalized spacial score (nSPS) is 16.4. The molecule has 0 aliphatic carbocycles. The van der Waals surface area contributed by atoms with E-state index in [2.05, 4.69) is 4.74 Å². The molecule has 0 atom stereocenters. The number of ether oxygens (including phenoxy) is 1. The Kier molecular flexibility index (Phi) is 1.69. The van der Waals surface area contributed by atoms with E-state index in [9.17, 15) is 4.79 Å². The van der Waals surface area contributed by atoms with Gasteiger partial charge < -0.3 is 4.74 Å². The fourth-order valence-electron chi connectivity index (χ4n) is 0.118. The first-order valence-electron chi connectivity index (χ1n) is 3.16. The van der Waals surface area contributed by atoms with Crippen LogP contribution in [-0.4, -0.2) is 25.0 Å². The van der Waals surface area contributed by atoms with Crippen molar-refractivity contribution in [2.45, 2.75) is 0 Å². The van der Waals surface area contributed by atoms with Crippen LogP contribution >= 0.6 is 11.8 Å². The second-order valence-corrected chi connectivity index (χ2v) is 1.44. The lowest BCUT2D eigenvalue weighted by atomic mass is 10.8. The number of esters is 1. The van der Waals surface area contributed by atoms with E-state index >= 15 is 0 Å². The van der Waals surface area contributed by atoms with E-state index in [1.165, 1.54) is 7.11 Å². The topological polar surface area (TPSA) is 26.3 Å². The highest BCUT2D eigenvalue weighted by Crippen LogP contribution is 1.90. The summed E-state index contributed by atoms with van der Waals surface area (Å²) < 4.78 is 24.3. The second kappa shape index (κ2) is 3.99. The van der Waals surface area contributed by atoms with Gasteiger partial charge in [-0.25, -0.2) is 0 Å². The third kappa shape index (κ3) is 3.66. The number of hydrogen-bond donors (Lipinski definition) is 0. The largest absolute Gasteiger partial charge is 0.468 e. The summed E-state index contributed by atoms with van der Waals surface area (Å²) in [5, 5.41) is 0. The molecule has 0 unspecified atom stereocenters. The molecule has 0 rings (SSSR count). The van der Waals surface area contributed by atoms with E-state index in [4.69, 9.17) is 4.11 Å². The highest BCUT2D eigenvalue weighted by Gasteiger charge is 1.93. The van der Waals surface area contributed by atoms with Crippen molar-refractivity contribution < 1.29 is 13.6 Å². The van der Waals surface area contributed by atoms with E-state index in [1.807, 2.05) is 0 Å². The van der Waals surface area contributed by atoms with Gasteiger partial charge in [0, 0.05) is 4.11 Å². The van der Waals surface area contributed by atoms with Gasteiger partial charge in [0.2, 0.25) is 0 Å². The molecule has 0 heterocycles. The molecule has 0 aromatic rings. The molecule has 0 aromatic heterocycles. The van der Waals surface area contributed by atoms with Crippen LogP contribution in [0, 0.1) is 0 Å². The van der Waals surface area contributed by atoms with E-state index in [0.717, 1.165) is 0 Å². The van der Waals surface area contributed by atoms with Crippen molar-refractivity contribution in [1.82, 2.24) is 0 Å². The molecule has 3 heteroatoms. The van der Waals surface area contributed by atoms with Gasteiger partial charge >= 0.3 is 5.97 Å². The summed E-state index contributed by atoms with van der Waals surface area (Å²) >= 11 is 0.592. The molecular formula is C4H8O2S. The Morgan fingerprint density at radius 1 is 2.14 bits per heavy atom. The molecule has 0 aliphatic heterocycles. The Labute approximate surface area is 51.4 Å². The highest BCUT2D eigenvalue weighted by molar-refractivity contribution is 7.99. The van der Waals surface area contributed by atoms with Gasteiger partial charge in [0.25, 0.3) is 0 Å². The van der Waals surface area contributed by atoms with Crippen molar-refractivity contribution in [3.8, 4) is 0 Å². The highest BCUT2D eigenvalue weighted by atomic mass is 32.2. The van der Waals surface area contributed by atoms with Gasteiger partial charge in [0.15, 0.2) is 0 Å². The van der Waals surface area contributed by atoms with Crippen LogP contribution in [-0.2, 0) is 9.53 Å². The molecule has 0 aromatic carbocycles. The zero-order valence-electron chi connectivity index (χ0n) is 6.93. The number of methoxy groups -OCH3 is 1. The summed E-state index contributed by atoms with van der Waals surface area (Å²) in [5.41, 5.74) is 0. The molecule has 0 fully saturated rings. The molecule has 0 saturated carbocycles. The average Bonchev–Trinajstić information content (AvgIpc) is 1.81. The first-order chi connectivity index (χ1) is 4.45. The molecule has 0 saturated heterocycles. The van der Waals surface area contributed by atoms with Crippen molar-refractivity contribution in [2.24, 2.45) is 0 Å². The SMILES string of the molecule is [2H]C([2H])([2H])SCC(=O)OC. The minimum atomic E-state index is -2.10. The number of rotatable bonds is 2. The zero-order chi connectivity index (χ0) is 8.20. The summed E-state index contributed by atoms with van der Waals surface area (Å²) in [4.78, 5) is 10.4. The molecule has 0 N–H and O–H groups in total. The second-order valence-electron chi connectivity index (χ2n) is 0.865. The quantitative estimate of drug-likeness (QED) is 0.501. The number of hydrogen-bond acceptors (Lipinski definition) is 3. The van der Waals surface area contributed by atoms with Gasteiger partial charge in [0.1, 0.15) is 0 Å². The molecular weight excluding hydrogens is 112 g/mol. The van der Waals surface area contributed by atoms with Crippen LogP contribution in [0.4, 0.5) is 0 Å². The Morgan fingerprint density at radius 3 is 3.29 bits per heavy atom. The third-order valence-electron chi connectivity index (χ3n) is 0.418. The van der Waals surface area contributed by atoms with E-state index in [-0.39, 0.29) is 5.75 Å². The van der Waals surface area contributed by atoms with Crippen molar-refractivity contribution in [3.63, 3.8) is 0 Å². The lowest BCUT2D eigenvalue weighted by Crippen LogP contribution is -2.01. The first-order valence-corrected chi connectivity index (χ1v) is 2.65. The molecule has 0 aliphatic rings. The molecule has 0 amide bonds. The van der Waals surface area contributed by atoms with E-state index in [0.29, 0.717) is 11.8 Å². The number of thioether (sulfide) groups is 1. The summed E-state index contributed by atoms with van der Waals surface area (Å²) in [6.45, 7) is 0. The van der Waals surface area contributed by atoms with Crippen LogP contribution in [0.15, 0.2) is 0 Å². The van der Waals surface area contributed by atoms with Crippen molar-refractivity contribution >= 4 is 17.7 Å². The maximum absolute atomic E-state index is 10.4. The van der Waals surface area contributed by atoms with Gasteiger partial charge in [-0.3, -0.25) is 4.79 Å². The van der Waals surface area contributed by atoms with Gasteiger partial charge in [-0.2, -0.15) is 11.8 Å². The van der Waals surface area contributed by atoms with Crippen molar-refractivity contribution in [2.75, 3.05) is 19.0 Å². The Morgan fingerprint density at radius 2 is 2.86 bits per heavy atom. The fraction of sp³-hybridized carbons (Fsp3) is 0.750. The summed E-state index contributed by atoms with van der Waals surface area (Å²) in [7, 11) is 1.22. The summed E-state index contributed by atoms with van der Waals surface area (Å²) in [5.74, 6) is -0.631. The van der Waals surface area contributed by atoms with E-state index in [1.54, 1.807) is 0 Å². The van der Waals surface area contributed by atoms with Crippen LogP contribution in [0.25, 0.3) is 0 Å². The lowest BCUT2D eigenvalue weighted by molar-refractivity contribution is -0.137. The zero-order valence-corrected chi connectivity index (χ0v) is 4.75. The Hall–Kier alpha value is -0.180. The maximum atomic E-state index is 10.4. The minimum absolute atomic E-state index is 0.118. The Balaban J connectivity index is 3.46. The maximum Gasteiger partial charge on any atom is 0.315 e. The fourth-order valence-corrected chi connectivity index (χ4v) is 0.354. The third-order valence-corrected chi connectivity index (χ3v) is 0.798. The minimum Gasteiger partial charge on any atom is -0.468 e. The molecule has 0 spiro atoms. The predicted octanol–water partition coefficient (Wildman–Crippen LogP) is 0.522. The monoisotopic (exact) mass is 123 g/mol. The van der Waals surface area contributed by atoms with Crippen LogP contribution in [0.5, 0.6) is 0 Å². The average molecular weight is 123 g/mol. The van der Waals surface area contributed by atoms with Crippen LogP contribution in [0.2, 0.25) is 0 Å². The molecule has 42 valence electrons. The van der Waals surface area contributed by atoms with Crippen LogP contribution in [0.1, 0.15) is 4.11 Å². The Bertz CT molecular complexity index is 122. The lowest BCUT2D eigenvalue weighted by Gasteiger charge is -1.90. The van der Waals surface area contributed by atoms with Crippen molar-refractivity contribution in [1.29, 1.82) is 0 Å². The molecule has 0 radical (unpaired) electrons. The smallest absolute Gasteiger partial charge is 0.315 e. The number of carbonyl (C=O) groups excluding carboxylic acids is 1. The van der Waals surface area contributed by atoms with Gasteiger partial charge in [0.05, 0.1) is 12.9 Å². The van der Waals surface area contributed by atoms with Gasteiger partial charge in [-0.1, -0.05) is 0 Å². The van der Waals surface area contributed by atoms with Crippen LogP contribution < -0.4 is 0 Å². The van der Waals surface area contributed by atoms with Gasteiger partial charge in [-0.15, -0.1) is 0 Å². The first kappa shape index (κ1) is 2.97.